The molecule has 0 saturated carbocycles. The second-order valence-electron chi connectivity index (χ2n) is 6.50. The number of amides is 3. The molecule has 3 aromatic rings. The lowest BCUT2D eigenvalue weighted by atomic mass is 10.0. The Morgan fingerprint density at radius 1 is 1.11 bits per heavy atom. The number of imide groups is 1. The third-order valence-corrected chi connectivity index (χ3v) is 4.71. The van der Waals surface area contributed by atoms with Crippen LogP contribution in [0.15, 0.2) is 59.2 Å². The normalized spacial score (nSPS) is 14.4. The van der Waals surface area contributed by atoms with Gasteiger partial charge in [0, 0.05) is 30.3 Å². The fraction of sp³-hybridized carbons (Fsp3) is 0.190. The number of Topliss-reactive ketones (excluding diaryl/α,β-unsaturated/α-hetero) is 1. The van der Waals surface area contributed by atoms with E-state index >= 15 is 0 Å². The predicted molar refractivity (Wildman–Crippen MR) is 101 cm³/mol. The first-order valence-electron chi connectivity index (χ1n) is 8.81. The van der Waals surface area contributed by atoms with E-state index in [1.165, 1.54) is 11.2 Å². The van der Waals surface area contributed by atoms with Crippen LogP contribution >= 0.6 is 0 Å². The van der Waals surface area contributed by atoms with Gasteiger partial charge in [-0.15, -0.1) is 0 Å². The van der Waals surface area contributed by atoms with E-state index in [4.69, 9.17) is 4.42 Å². The molecule has 0 unspecified atom stereocenters. The van der Waals surface area contributed by atoms with E-state index in [-0.39, 0.29) is 18.1 Å². The second kappa shape index (κ2) is 7.07. The van der Waals surface area contributed by atoms with Gasteiger partial charge in [0.25, 0.3) is 0 Å². The minimum absolute atomic E-state index is 0.0417. The van der Waals surface area contributed by atoms with Crippen LogP contribution in [0.2, 0.25) is 0 Å². The second-order valence-corrected chi connectivity index (χ2v) is 6.50. The zero-order chi connectivity index (χ0) is 18.8. The first-order chi connectivity index (χ1) is 13.1. The number of urea groups is 1. The van der Waals surface area contributed by atoms with E-state index in [9.17, 15) is 14.4 Å². The fourth-order valence-corrected chi connectivity index (χ4v) is 3.24. The summed E-state index contributed by atoms with van der Waals surface area (Å²) >= 11 is 0. The number of rotatable bonds is 5. The van der Waals surface area contributed by atoms with Gasteiger partial charge in [-0.1, -0.05) is 36.4 Å². The van der Waals surface area contributed by atoms with Crippen LogP contribution in [-0.4, -0.2) is 24.3 Å². The standard InChI is InChI=1S/C21H18N2O4/c24-18(9-6-14-4-2-1-3-5-14)15-7-8-16-17(13-27-19(16)12-15)23-11-10-20(25)22-21(23)26/h1-5,7-8,12-13H,6,9-11H2,(H,22,25,26). The summed E-state index contributed by atoms with van der Waals surface area (Å²) < 4.78 is 5.57. The molecule has 0 bridgehead atoms. The highest BCUT2D eigenvalue weighted by Gasteiger charge is 2.27. The van der Waals surface area contributed by atoms with E-state index in [1.54, 1.807) is 18.2 Å². The van der Waals surface area contributed by atoms with Crippen LogP contribution in [0.3, 0.4) is 0 Å². The van der Waals surface area contributed by atoms with Crippen molar-refractivity contribution in [2.24, 2.45) is 0 Å². The van der Waals surface area contributed by atoms with Crippen molar-refractivity contribution < 1.29 is 18.8 Å². The van der Waals surface area contributed by atoms with Crippen LogP contribution in [0, 0.1) is 0 Å². The molecule has 1 fully saturated rings. The van der Waals surface area contributed by atoms with Gasteiger partial charge >= 0.3 is 6.03 Å². The van der Waals surface area contributed by atoms with Crippen LogP contribution in [0.25, 0.3) is 11.0 Å². The first kappa shape index (κ1) is 17.0. The van der Waals surface area contributed by atoms with E-state index in [0.717, 1.165) is 10.9 Å². The molecular formula is C21H18N2O4. The molecule has 6 heteroatoms. The zero-order valence-electron chi connectivity index (χ0n) is 14.6. The Bertz CT molecular complexity index is 1020. The molecule has 27 heavy (non-hydrogen) atoms. The van der Waals surface area contributed by atoms with E-state index in [2.05, 4.69) is 5.32 Å². The summed E-state index contributed by atoms with van der Waals surface area (Å²) in [4.78, 5) is 37.3. The molecule has 1 saturated heterocycles. The number of aryl methyl sites for hydroxylation is 1. The molecule has 1 aliphatic rings. The number of hydrogen-bond donors (Lipinski definition) is 1. The van der Waals surface area contributed by atoms with E-state index in [1.807, 2.05) is 30.3 Å². The summed E-state index contributed by atoms with van der Waals surface area (Å²) in [5.41, 5.74) is 2.84. The largest absolute Gasteiger partial charge is 0.462 e. The smallest absolute Gasteiger partial charge is 0.328 e. The SMILES string of the molecule is O=C1CCN(c2coc3cc(C(=O)CCc4ccccc4)ccc23)C(=O)N1. The summed E-state index contributed by atoms with van der Waals surface area (Å²) in [5, 5.41) is 3.03. The number of nitrogens with one attached hydrogen (secondary N) is 1. The molecule has 4 rings (SSSR count). The van der Waals surface area contributed by atoms with E-state index in [0.29, 0.717) is 36.2 Å². The molecule has 2 aromatic carbocycles. The number of anilines is 1. The van der Waals surface area contributed by atoms with Crippen molar-refractivity contribution in [3.63, 3.8) is 0 Å². The van der Waals surface area contributed by atoms with Crippen molar-refractivity contribution in [3.05, 3.63) is 65.9 Å². The number of ketones is 1. The molecule has 0 aliphatic carbocycles. The summed E-state index contributed by atoms with van der Waals surface area (Å²) in [5.74, 6) is -0.240. The van der Waals surface area contributed by atoms with Crippen LogP contribution < -0.4 is 10.2 Å². The van der Waals surface area contributed by atoms with Crippen molar-refractivity contribution in [1.29, 1.82) is 0 Å². The molecule has 0 atom stereocenters. The van der Waals surface area contributed by atoms with Crippen LogP contribution in [0.1, 0.15) is 28.8 Å². The van der Waals surface area contributed by atoms with Gasteiger partial charge in [0.2, 0.25) is 5.91 Å². The minimum Gasteiger partial charge on any atom is -0.462 e. The Morgan fingerprint density at radius 2 is 1.93 bits per heavy atom. The number of benzene rings is 2. The topological polar surface area (TPSA) is 79.6 Å². The molecule has 3 amide bonds. The maximum absolute atomic E-state index is 12.5. The summed E-state index contributed by atoms with van der Waals surface area (Å²) in [6, 6.07) is 14.7. The highest BCUT2D eigenvalue weighted by Crippen LogP contribution is 2.31. The van der Waals surface area contributed by atoms with Crippen LogP contribution in [0.4, 0.5) is 10.5 Å². The van der Waals surface area contributed by atoms with Crippen LogP contribution in [-0.2, 0) is 11.2 Å². The molecule has 1 aliphatic heterocycles. The monoisotopic (exact) mass is 362 g/mol. The van der Waals surface area contributed by atoms with Gasteiger partial charge in [-0.2, -0.15) is 0 Å². The fourth-order valence-electron chi connectivity index (χ4n) is 3.24. The molecular weight excluding hydrogens is 344 g/mol. The molecule has 0 radical (unpaired) electrons. The number of carbonyl (C=O) groups excluding carboxylic acids is 3. The van der Waals surface area contributed by atoms with Gasteiger partial charge < -0.3 is 4.42 Å². The third kappa shape index (κ3) is 3.46. The summed E-state index contributed by atoms with van der Waals surface area (Å²) in [6.45, 7) is 0.303. The molecule has 2 heterocycles. The number of hydrogen-bond acceptors (Lipinski definition) is 4. The van der Waals surface area contributed by atoms with Gasteiger partial charge in [0.15, 0.2) is 5.78 Å². The van der Waals surface area contributed by atoms with Crippen molar-refractivity contribution in [1.82, 2.24) is 5.32 Å². The number of carbonyl (C=O) groups is 3. The lowest BCUT2D eigenvalue weighted by Crippen LogP contribution is -2.49. The Balaban J connectivity index is 1.52. The van der Waals surface area contributed by atoms with Crippen molar-refractivity contribution in [2.75, 3.05) is 11.4 Å². The lowest BCUT2D eigenvalue weighted by Gasteiger charge is -2.25. The van der Waals surface area contributed by atoms with Gasteiger partial charge in [-0.05, 0) is 24.1 Å². The van der Waals surface area contributed by atoms with E-state index < -0.39 is 6.03 Å². The Morgan fingerprint density at radius 3 is 2.70 bits per heavy atom. The average molecular weight is 362 g/mol. The number of fused-ring (bicyclic) bond motifs is 1. The summed E-state index contributed by atoms with van der Waals surface area (Å²) in [7, 11) is 0. The average Bonchev–Trinajstić information content (AvgIpc) is 3.10. The first-order valence-corrected chi connectivity index (χ1v) is 8.81. The van der Waals surface area contributed by atoms with Gasteiger partial charge in [-0.3, -0.25) is 19.8 Å². The molecule has 1 aromatic heterocycles. The maximum atomic E-state index is 12.5. The summed E-state index contributed by atoms with van der Waals surface area (Å²) in [6.07, 6.45) is 2.83. The van der Waals surface area contributed by atoms with Crippen molar-refractivity contribution >= 4 is 34.4 Å². The zero-order valence-corrected chi connectivity index (χ0v) is 14.6. The molecule has 1 N–H and O–H groups in total. The van der Waals surface area contributed by atoms with Crippen molar-refractivity contribution in [2.45, 2.75) is 19.3 Å². The third-order valence-electron chi connectivity index (χ3n) is 4.71. The highest BCUT2D eigenvalue weighted by molar-refractivity contribution is 6.10. The Kier molecular flexibility index (Phi) is 4.46. The Labute approximate surface area is 155 Å². The van der Waals surface area contributed by atoms with Gasteiger partial charge in [-0.25, -0.2) is 4.79 Å². The van der Waals surface area contributed by atoms with Gasteiger partial charge in [0.1, 0.15) is 11.8 Å². The van der Waals surface area contributed by atoms with Crippen molar-refractivity contribution in [3.8, 4) is 0 Å². The Hall–Kier alpha value is -3.41. The highest BCUT2D eigenvalue weighted by atomic mass is 16.3. The minimum atomic E-state index is -0.461. The quantitative estimate of drug-likeness (QED) is 0.702. The lowest BCUT2D eigenvalue weighted by molar-refractivity contribution is -0.120. The predicted octanol–water partition coefficient (Wildman–Crippen LogP) is 3.69. The molecule has 0 spiro atoms. The number of furan rings is 1. The van der Waals surface area contributed by atoms with Gasteiger partial charge in [0.05, 0.1) is 5.69 Å². The van der Waals surface area contributed by atoms with Crippen LogP contribution in [0.5, 0.6) is 0 Å². The molecule has 136 valence electrons. The number of nitrogens with zero attached hydrogens (tertiary/aromatic N) is 1. The maximum Gasteiger partial charge on any atom is 0.328 e. The molecule has 6 nitrogen and oxygen atoms in total.